The van der Waals surface area contributed by atoms with Gasteiger partial charge < -0.3 is 14.7 Å². The molecule has 0 fully saturated rings. The minimum absolute atomic E-state index is 0.122. The Kier molecular flexibility index (Phi) is 5.00. The van der Waals surface area contributed by atoms with Crippen molar-refractivity contribution in [1.29, 1.82) is 0 Å². The van der Waals surface area contributed by atoms with E-state index < -0.39 is 0 Å². The van der Waals surface area contributed by atoms with E-state index in [1.807, 2.05) is 17.9 Å². The van der Waals surface area contributed by atoms with Gasteiger partial charge in [-0.3, -0.25) is 0 Å². The van der Waals surface area contributed by atoms with Crippen LogP contribution in [0.3, 0.4) is 0 Å². The summed E-state index contributed by atoms with van der Waals surface area (Å²) in [5, 5.41) is 8.89. The molecule has 1 aromatic heterocycles. The molecule has 0 radical (unpaired) electrons. The number of anilines is 1. The van der Waals surface area contributed by atoms with Crippen molar-refractivity contribution in [3.63, 3.8) is 0 Å². The van der Waals surface area contributed by atoms with E-state index in [9.17, 15) is 0 Å². The van der Waals surface area contributed by atoms with Crippen LogP contribution in [0.4, 0.5) is 5.82 Å². The smallest absolute Gasteiger partial charge is 0.132 e. The zero-order valence-corrected chi connectivity index (χ0v) is 9.18. The topological polar surface area (TPSA) is 58.5 Å². The molecule has 1 heterocycles. The molecule has 0 saturated heterocycles. The predicted molar refractivity (Wildman–Crippen MR) is 57.7 cm³/mol. The molecule has 0 unspecified atom stereocenters. The molecule has 5 nitrogen and oxygen atoms in total. The van der Waals surface area contributed by atoms with Crippen LogP contribution in [0.25, 0.3) is 0 Å². The van der Waals surface area contributed by atoms with Crippen LogP contribution in [0, 0.1) is 0 Å². The maximum Gasteiger partial charge on any atom is 0.132 e. The maximum atomic E-state index is 8.89. The van der Waals surface area contributed by atoms with E-state index >= 15 is 0 Å². The van der Waals surface area contributed by atoms with E-state index in [2.05, 4.69) is 9.97 Å². The highest BCUT2D eigenvalue weighted by Crippen LogP contribution is 2.10. The summed E-state index contributed by atoms with van der Waals surface area (Å²) in [5.74, 6) is 0.827. The summed E-state index contributed by atoms with van der Waals surface area (Å²) in [6.45, 7) is 4.02. The molecule has 0 amide bonds. The second kappa shape index (κ2) is 6.31. The fraction of sp³-hybridized carbons (Fsp3) is 0.600. The molecule has 1 aromatic rings. The van der Waals surface area contributed by atoms with Gasteiger partial charge in [0, 0.05) is 26.3 Å². The molecule has 84 valence electrons. The van der Waals surface area contributed by atoms with E-state index in [-0.39, 0.29) is 6.61 Å². The SMILES string of the molecule is CCN(CCO)c1cc(COC)ncn1. The number of likely N-dealkylation sites (N-methyl/N-ethyl adjacent to an activating group) is 1. The first-order valence-electron chi connectivity index (χ1n) is 4.97. The monoisotopic (exact) mass is 211 g/mol. The van der Waals surface area contributed by atoms with Crippen LogP contribution in [-0.4, -0.2) is 41.9 Å². The van der Waals surface area contributed by atoms with Crippen LogP contribution in [0.1, 0.15) is 12.6 Å². The lowest BCUT2D eigenvalue weighted by molar-refractivity contribution is 0.181. The number of hydrogen-bond acceptors (Lipinski definition) is 5. The number of aromatic nitrogens is 2. The lowest BCUT2D eigenvalue weighted by Gasteiger charge is -2.20. The quantitative estimate of drug-likeness (QED) is 0.740. The molecule has 0 aliphatic heterocycles. The van der Waals surface area contributed by atoms with Crippen molar-refractivity contribution in [2.24, 2.45) is 0 Å². The van der Waals surface area contributed by atoms with Crippen molar-refractivity contribution in [2.75, 3.05) is 31.7 Å². The average molecular weight is 211 g/mol. The number of aliphatic hydroxyl groups is 1. The molecule has 0 aromatic carbocycles. The number of hydrogen-bond donors (Lipinski definition) is 1. The molecule has 15 heavy (non-hydrogen) atoms. The van der Waals surface area contributed by atoms with Gasteiger partial charge in [0.05, 0.1) is 18.9 Å². The average Bonchev–Trinajstić information content (AvgIpc) is 2.27. The summed E-state index contributed by atoms with van der Waals surface area (Å²) < 4.78 is 5.00. The fourth-order valence-electron chi connectivity index (χ4n) is 1.34. The van der Waals surface area contributed by atoms with Crippen molar-refractivity contribution in [3.05, 3.63) is 18.1 Å². The molecular formula is C10H17N3O2. The number of nitrogens with zero attached hydrogens (tertiary/aromatic N) is 3. The van der Waals surface area contributed by atoms with Crippen molar-refractivity contribution >= 4 is 5.82 Å². The summed E-state index contributed by atoms with van der Waals surface area (Å²) in [6.07, 6.45) is 1.52. The number of ether oxygens (including phenoxy) is 1. The highest BCUT2D eigenvalue weighted by molar-refractivity contribution is 5.38. The Labute approximate surface area is 89.7 Å². The molecule has 1 N–H and O–H groups in total. The van der Waals surface area contributed by atoms with Gasteiger partial charge in [-0.05, 0) is 6.92 Å². The third-order valence-corrected chi connectivity index (χ3v) is 2.08. The van der Waals surface area contributed by atoms with E-state index in [4.69, 9.17) is 9.84 Å². The third-order valence-electron chi connectivity index (χ3n) is 2.08. The van der Waals surface area contributed by atoms with Crippen molar-refractivity contribution in [2.45, 2.75) is 13.5 Å². The van der Waals surface area contributed by atoms with Crippen LogP contribution in [-0.2, 0) is 11.3 Å². The Morgan fingerprint density at radius 3 is 2.87 bits per heavy atom. The Hall–Kier alpha value is -1.20. The van der Waals surface area contributed by atoms with E-state index in [1.54, 1.807) is 7.11 Å². The minimum atomic E-state index is 0.122. The molecular weight excluding hydrogens is 194 g/mol. The number of methoxy groups -OCH3 is 1. The zero-order chi connectivity index (χ0) is 11.1. The van der Waals surface area contributed by atoms with E-state index in [1.165, 1.54) is 6.33 Å². The second-order valence-electron chi connectivity index (χ2n) is 3.10. The second-order valence-corrected chi connectivity index (χ2v) is 3.10. The van der Waals surface area contributed by atoms with Gasteiger partial charge in [-0.15, -0.1) is 0 Å². The lowest BCUT2D eigenvalue weighted by Crippen LogP contribution is -2.27. The molecule has 0 saturated carbocycles. The summed E-state index contributed by atoms with van der Waals surface area (Å²) in [7, 11) is 1.63. The molecule has 0 aliphatic carbocycles. The van der Waals surface area contributed by atoms with Gasteiger partial charge in [0.15, 0.2) is 0 Å². The van der Waals surface area contributed by atoms with Gasteiger partial charge in [-0.25, -0.2) is 9.97 Å². The van der Waals surface area contributed by atoms with E-state index in [0.717, 1.165) is 18.1 Å². The highest BCUT2D eigenvalue weighted by Gasteiger charge is 2.06. The van der Waals surface area contributed by atoms with Gasteiger partial charge in [0.1, 0.15) is 12.1 Å². The first kappa shape index (κ1) is 11.9. The lowest BCUT2D eigenvalue weighted by atomic mass is 10.3. The Balaban J connectivity index is 2.77. The van der Waals surface area contributed by atoms with E-state index in [0.29, 0.717) is 13.2 Å². The van der Waals surface area contributed by atoms with Crippen LogP contribution in [0.2, 0.25) is 0 Å². The fourth-order valence-corrected chi connectivity index (χ4v) is 1.34. The predicted octanol–water partition coefficient (Wildman–Crippen LogP) is 0.442. The summed E-state index contributed by atoms with van der Waals surface area (Å²) in [4.78, 5) is 10.2. The van der Waals surface area contributed by atoms with Gasteiger partial charge >= 0.3 is 0 Å². The van der Waals surface area contributed by atoms with Gasteiger partial charge in [-0.1, -0.05) is 0 Å². The largest absolute Gasteiger partial charge is 0.395 e. The van der Waals surface area contributed by atoms with Gasteiger partial charge in [-0.2, -0.15) is 0 Å². The Morgan fingerprint density at radius 1 is 1.47 bits per heavy atom. The summed E-state index contributed by atoms with van der Waals surface area (Å²) in [6, 6.07) is 1.88. The van der Waals surface area contributed by atoms with Crippen LogP contribution in [0.15, 0.2) is 12.4 Å². The molecule has 0 bridgehead atoms. The minimum Gasteiger partial charge on any atom is -0.395 e. The zero-order valence-electron chi connectivity index (χ0n) is 9.18. The summed E-state index contributed by atoms with van der Waals surface area (Å²) >= 11 is 0. The van der Waals surface area contributed by atoms with Crippen LogP contribution >= 0.6 is 0 Å². The first-order valence-corrected chi connectivity index (χ1v) is 4.97. The van der Waals surface area contributed by atoms with Crippen molar-refractivity contribution < 1.29 is 9.84 Å². The Morgan fingerprint density at radius 2 is 2.27 bits per heavy atom. The highest BCUT2D eigenvalue weighted by atomic mass is 16.5. The standard InChI is InChI=1S/C10H17N3O2/c1-3-13(4-5-14)10-6-9(7-15-2)11-8-12-10/h6,8,14H,3-5,7H2,1-2H3. The Bertz CT molecular complexity index is 294. The van der Waals surface area contributed by atoms with Crippen molar-refractivity contribution in [1.82, 2.24) is 9.97 Å². The summed E-state index contributed by atoms with van der Waals surface area (Å²) in [5.41, 5.74) is 0.846. The number of aliphatic hydroxyl groups excluding tert-OH is 1. The molecule has 0 spiro atoms. The third kappa shape index (κ3) is 3.45. The molecule has 0 atom stereocenters. The van der Waals surface area contributed by atoms with Crippen LogP contribution in [0.5, 0.6) is 0 Å². The van der Waals surface area contributed by atoms with Crippen molar-refractivity contribution in [3.8, 4) is 0 Å². The number of rotatable bonds is 6. The molecule has 5 heteroatoms. The molecule has 0 aliphatic rings. The van der Waals surface area contributed by atoms with Crippen LogP contribution < -0.4 is 4.90 Å². The molecule has 1 rings (SSSR count). The van der Waals surface area contributed by atoms with Gasteiger partial charge in [0.2, 0.25) is 0 Å². The maximum absolute atomic E-state index is 8.89. The van der Waals surface area contributed by atoms with Gasteiger partial charge in [0.25, 0.3) is 0 Å². The first-order chi connectivity index (χ1) is 7.31. The normalized spacial score (nSPS) is 10.3.